The van der Waals surface area contributed by atoms with Crippen LogP contribution in [-0.2, 0) is 34.0 Å². The first-order valence-electron chi connectivity index (χ1n) is 2.28. The van der Waals surface area contributed by atoms with Gasteiger partial charge in [0, 0.05) is 0 Å². The van der Waals surface area contributed by atoms with Crippen LogP contribution in [0.4, 0.5) is 0 Å². The second kappa shape index (κ2) is 10.6. The molecule has 0 aromatic carbocycles. The fraction of sp³-hybridized carbons (Fsp3) is 0. The number of rotatable bonds is 3. The van der Waals surface area contributed by atoms with Crippen molar-refractivity contribution < 1.29 is 113 Å². The maximum absolute atomic E-state index is 9.37. The normalized spacial score (nSPS) is 11.4. The fourth-order valence-corrected chi connectivity index (χ4v) is 0.612. The molecule has 0 fully saturated rings. The van der Waals surface area contributed by atoms with Crippen LogP contribution in [-0.4, -0.2) is 40.6 Å². The molecule has 17 heteroatoms. The molecule has 0 spiro atoms. The van der Waals surface area contributed by atoms with Crippen molar-refractivity contribution in [3.05, 3.63) is 0 Å². The Morgan fingerprint density at radius 1 is 0.824 bits per heavy atom. The van der Waals surface area contributed by atoms with Crippen LogP contribution in [0.2, 0.25) is 0 Å². The molecule has 0 aliphatic carbocycles. The van der Waals surface area contributed by atoms with E-state index in [0.717, 1.165) is 0 Å². The van der Waals surface area contributed by atoms with Gasteiger partial charge in [-0.15, -0.1) is 8.67 Å². The average Bonchev–Trinajstić information content (AvgIpc) is 1.76. The van der Waals surface area contributed by atoms with Gasteiger partial charge in [0.2, 0.25) is 20.8 Å². The van der Waals surface area contributed by atoms with Crippen molar-refractivity contribution in [1.29, 1.82) is 0 Å². The maximum Gasteiger partial charge on any atom is 1.00 e. The topological polar surface area (TPSA) is 211 Å². The standard InChI is InChI=1S/2Na.H2O8S2.H3O4P/c;;1-9(2,3)7-8-10(4,5)6;1-5(2,3)4/h;;(H,1,2,3)(H,4,5,6);(H3,1,2,3,4)/q2*+1;;/p-2. The zero-order valence-corrected chi connectivity index (χ0v) is 14.8. The van der Waals surface area contributed by atoms with E-state index in [2.05, 4.69) is 8.67 Å². The van der Waals surface area contributed by atoms with E-state index in [4.69, 9.17) is 19.2 Å². The van der Waals surface area contributed by atoms with Crippen molar-refractivity contribution in [1.82, 2.24) is 0 Å². The van der Waals surface area contributed by atoms with Crippen LogP contribution in [0.25, 0.3) is 0 Å². The first kappa shape index (κ1) is 27.2. The molecular formula is H3Na2O12PS2. The summed E-state index contributed by atoms with van der Waals surface area (Å²) in [6, 6.07) is 0. The Hall–Kier alpha value is 1.85. The smallest absolute Gasteiger partial charge is 0.724 e. The Morgan fingerprint density at radius 3 is 1.00 bits per heavy atom. The van der Waals surface area contributed by atoms with Gasteiger partial charge in [-0.3, -0.25) is 0 Å². The van der Waals surface area contributed by atoms with Gasteiger partial charge in [0.1, 0.15) is 0 Å². The van der Waals surface area contributed by atoms with Gasteiger partial charge in [0.05, 0.1) is 0 Å². The van der Waals surface area contributed by atoms with Crippen molar-refractivity contribution in [2.24, 2.45) is 0 Å². The molecule has 94 valence electrons. The van der Waals surface area contributed by atoms with Crippen molar-refractivity contribution in [3.63, 3.8) is 0 Å². The quantitative estimate of drug-likeness (QED) is 0.109. The third-order valence-corrected chi connectivity index (χ3v) is 0.750. The molecule has 0 radical (unpaired) electrons. The van der Waals surface area contributed by atoms with E-state index in [1.165, 1.54) is 0 Å². The summed E-state index contributed by atoms with van der Waals surface area (Å²) in [6.07, 6.45) is 0. The molecule has 3 N–H and O–H groups in total. The molecule has 0 aliphatic heterocycles. The summed E-state index contributed by atoms with van der Waals surface area (Å²) in [5, 5.41) is 0. The predicted octanol–water partition coefficient (Wildman–Crippen LogP) is -9.07. The molecule has 0 heterocycles. The van der Waals surface area contributed by atoms with Crippen LogP contribution in [0.1, 0.15) is 0 Å². The number of phosphoric acid groups is 1. The summed E-state index contributed by atoms with van der Waals surface area (Å²) in [5.41, 5.74) is 0. The third kappa shape index (κ3) is 57.3. The third-order valence-electron chi connectivity index (χ3n) is 0.194. The fourth-order valence-electron chi connectivity index (χ4n) is 0.0680. The number of hydrogen-bond donors (Lipinski definition) is 3. The van der Waals surface area contributed by atoms with E-state index in [1.54, 1.807) is 0 Å². The molecule has 0 atom stereocenters. The molecule has 0 saturated heterocycles. The summed E-state index contributed by atoms with van der Waals surface area (Å²) in [6.45, 7) is 0. The van der Waals surface area contributed by atoms with Crippen molar-refractivity contribution in [2.45, 2.75) is 0 Å². The van der Waals surface area contributed by atoms with Crippen LogP contribution >= 0.6 is 7.82 Å². The second-order valence-corrected chi connectivity index (χ2v) is 4.40. The molecule has 17 heavy (non-hydrogen) atoms. The largest absolute Gasteiger partial charge is 1.00 e. The Labute approximate surface area is 140 Å². The zero-order valence-electron chi connectivity index (χ0n) is 8.28. The Balaban J connectivity index is -0.000000105. The van der Waals surface area contributed by atoms with Gasteiger partial charge < -0.3 is 23.8 Å². The molecule has 0 saturated carbocycles. The summed E-state index contributed by atoms with van der Waals surface area (Å²) in [4.78, 5) is 21.6. The van der Waals surface area contributed by atoms with Gasteiger partial charge in [0.15, 0.2) is 0 Å². The van der Waals surface area contributed by atoms with E-state index in [0.29, 0.717) is 0 Å². The summed E-state index contributed by atoms with van der Waals surface area (Å²) >= 11 is 0. The Morgan fingerprint density at radius 2 is 0.941 bits per heavy atom. The van der Waals surface area contributed by atoms with Crippen LogP contribution in [0.5, 0.6) is 0 Å². The van der Waals surface area contributed by atoms with Crippen LogP contribution in [0, 0.1) is 0 Å². The molecule has 0 aromatic rings. The molecule has 0 unspecified atom stereocenters. The molecule has 0 amide bonds. The Bertz CT molecular complexity index is 371. The SMILES string of the molecule is O=P(O)(O)O.O=S(=O)([O-])OOS(=O)(=O)[O-].[Na+].[Na+]. The van der Waals surface area contributed by atoms with E-state index < -0.39 is 28.6 Å². The average molecular weight is 336 g/mol. The summed E-state index contributed by atoms with van der Waals surface area (Å²) < 4.78 is 70.3. The molecule has 12 nitrogen and oxygen atoms in total. The van der Waals surface area contributed by atoms with E-state index in [-0.39, 0.29) is 59.1 Å². The van der Waals surface area contributed by atoms with Gasteiger partial charge in [-0.1, -0.05) is 0 Å². The number of hydrogen-bond acceptors (Lipinski definition) is 9. The minimum atomic E-state index is -5.31. The molecular weight excluding hydrogens is 333 g/mol. The van der Waals surface area contributed by atoms with Crippen molar-refractivity contribution in [3.8, 4) is 0 Å². The molecule has 0 aliphatic rings. The molecule has 0 rings (SSSR count). The van der Waals surface area contributed by atoms with Gasteiger partial charge >= 0.3 is 66.9 Å². The van der Waals surface area contributed by atoms with Crippen LogP contribution < -0.4 is 59.1 Å². The van der Waals surface area contributed by atoms with Crippen LogP contribution in [0.3, 0.4) is 0 Å². The zero-order chi connectivity index (χ0) is 12.9. The van der Waals surface area contributed by atoms with E-state index >= 15 is 0 Å². The van der Waals surface area contributed by atoms with Gasteiger partial charge in [-0.2, -0.15) is 0 Å². The first-order valence-corrected chi connectivity index (χ1v) is 6.51. The maximum atomic E-state index is 9.37. The van der Waals surface area contributed by atoms with Crippen LogP contribution in [0.15, 0.2) is 0 Å². The van der Waals surface area contributed by atoms with Gasteiger partial charge in [-0.05, 0) is 0 Å². The monoisotopic (exact) mass is 336 g/mol. The minimum Gasteiger partial charge on any atom is -0.724 e. The first-order chi connectivity index (χ1) is 6.21. The van der Waals surface area contributed by atoms with E-state index in [1.807, 2.05) is 0 Å². The van der Waals surface area contributed by atoms with E-state index in [9.17, 15) is 25.9 Å². The Kier molecular flexibility index (Phi) is 17.0. The minimum absolute atomic E-state index is 0. The second-order valence-electron chi connectivity index (χ2n) is 1.47. The molecule has 0 bridgehead atoms. The van der Waals surface area contributed by atoms with Crippen molar-refractivity contribution >= 4 is 28.6 Å². The summed E-state index contributed by atoms with van der Waals surface area (Å²) in [7, 11) is -15.3. The van der Waals surface area contributed by atoms with Gasteiger partial charge in [0.25, 0.3) is 0 Å². The van der Waals surface area contributed by atoms with Crippen molar-refractivity contribution in [2.75, 3.05) is 0 Å². The predicted molar refractivity (Wildman–Crippen MR) is 35.8 cm³/mol. The van der Waals surface area contributed by atoms with Gasteiger partial charge in [-0.25, -0.2) is 21.4 Å². The molecule has 0 aromatic heterocycles. The summed E-state index contributed by atoms with van der Waals surface area (Å²) in [5.74, 6) is 0.